The molecule has 2 N–H and O–H groups in total. The van der Waals surface area contributed by atoms with Gasteiger partial charge in [0.25, 0.3) is 0 Å². The summed E-state index contributed by atoms with van der Waals surface area (Å²) in [5.74, 6) is -2.71. The highest BCUT2D eigenvalue weighted by Gasteiger charge is 2.79. The summed E-state index contributed by atoms with van der Waals surface area (Å²) < 4.78 is 0. The number of carboxylic acids is 2. The van der Waals surface area contributed by atoms with E-state index in [-0.39, 0.29) is 0 Å². The zero-order valence-electron chi connectivity index (χ0n) is 8.70. The van der Waals surface area contributed by atoms with E-state index in [1.165, 1.54) is 0 Å². The normalized spacial score (nSPS) is 33.8. The fraction of sp³-hybridized carbons (Fsp3) is 0.800. The third kappa shape index (κ3) is 0.938. The van der Waals surface area contributed by atoms with E-state index >= 15 is 0 Å². The second kappa shape index (κ2) is 2.97. The Hall–Kier alpha value is -1.06. The van der Waals surface area contributed by atoms with Gasteiger partial charge in [0.15, 0.2) is 0 Å². The van der Waals surface area contributed by atoms with Gasteiger partial charge in [0.1, 0.15) is 0 Å². The van der Waals surface area contributed by atoms with Crippen molar-refractivity contribution in [1.29, 1.82) is 0 Å². The molecule has 4 nitrogen and oxygen atoms in total. The highest BCUT2D eigenvalue weighted by atomic mass is 16.4. The molecule has 0 amide bonds. The van der Waals surface area contributed by atoms with Crippen LogP contribution in [0.2, 0.25) is 0 Å². The summed E-state index contributed by atoms with van der Waals surface area (Å²) in [6.07, 6.45) is 1.20. The zero-order chi connectivity index (χ0) is 11.1. The molecule has 1 rings (SSSR count). The molecule has 0 radical (unpaired) electrons. The Morgan fingerprint density at radius 2 is 1.64 bits per heavy atom. The third-order valence-corrected chi connectivity index (χ3v) is 4.03. The van der Waals surface area contributed by atoms with E-state index < -0.39 is 28.7 Å². The molecule has 2 atom stereocenters. The van der Waals surface area contributed by atoms with Crippen LogP contribution in [0.25, 0.3) is 0 Å². The van der Waals surface area contributed by atoms with Crippen molar-refractivity contribution in [2.45, 2.75) is 33.6 Å². The van der Waals surface area contributed by atoms with Crippen LogP contribution in [0, 0.1) is 16.7 Å². The van der Waals surface area contributed by atoms with Crippen molar-refractivity contribution >= 4 is 11.9 Å². The van der Waals surface area contributed by atoms with E-state index in [2.05, 4.69) is 0 Å². The van der Waals surface area contributed by atoms with Gasteiger partial charge in [-0.05, 0) is 19.8 Å². The molecule has 80 valence electrons. The molecule has 0 aromatic heterocycles. The van der Waals surface area contributed by atoms with Crippen molar-refractivity contribution in [2.24, 2.45) is 16.7 Å². The molecule has 0 spiro atoms. The van der Waals surface area contributed by atoms with E-state index in [9.17, 15) is 9.59 Å². The molecule has 1 aliphatic carbocycles. The van der Waals surface area contributed by atoms with E-state index in [0.29, 0.717) is 12.8 Å². The van der Waals surface area contributed by atoms with Crippen molar-refractivity contribution in [2.75, 3.05) is 0 Å². The van der Waals surface area contributed by atoms with Crippen molar-refractivity contribution in [1.82, 2.24) is 0 Å². The molecule has 1 aliphatic rings. The minimum absolute atomic E-state index is 0.551. The molecule has 2 unspecified atom stereocenters. The Bertz CT molecular complexity index is 280. The largest absolute Gasteiger partial charge is 0.481 e. The van der Waals surface area contributed by atoms with Gasteiger partial charge in [0.05, 0.1) is 11.3 Å². The molecular weight excluding hydrogens is 184 g/mol. The predicted molar refractivity (Wildman–Crippen MR) is 49.9 cm³/mol. The molecule has 1 fully saturated rings. The van der Waals surface area contributed by atoms with Gasteiger partial charge in [0.2, 0.25) is 0 Å². The number of rotatable bonds is 4. The standard InChI is InChI=1S/C10H16O4/c1-4-10(5-2)6(7(11)12)9(10,3)8(13)14/h6H,4-5H2,1-3H3,(H,11,12)(H,13,14). The van der Waals surface area contributed by atoms with Crippen LogP contribution in [-0.2, 0) is 9.59 Å². The van der Waals surface area contributed by atoms with Gasteiger partial charge >= 0.3 is 11.9 Å². The predicted octanol–water partition coefficient (Wildman–Crippen LogP) is 1.60. The van der Waals surface area contributed by atoms with Crippen LogP contribution in [0.3, 0.4) is 0 Å². The molecule has 0 aromatic carbocycles. The summed E-state index contributed by atoms with van der Waals surface area (Å²) in [6.45, 7) is 5.25. The van der Waals surface area contributed by atoms with Crippen LogP contribution in [0.1, 0.15) is 33.6 Å². The lowest BCUT2D eigenvalue weighted by atomic mass is 9.89. The second-order valence-electron chi connectivity index (χ2n) is 4.14. The van der Waals surface area contributed by atoms with Crippen LogP contribution < -0.4 is 0 Å². The van der Waals surface area contributed by atoms with Crippen LogP contribution in [0.4, 0.5) is 0 Å². The minimum Gasteiger partial charge on any atom is -0.481 e. The summed E-state index contributed by atoms with van der Waals surface area (Å²) in [7, 11) is 0. The van der Waals surface area contributed by atoms with E-state index in [1.807, 2.05) is 13.8 Å². The lowest BCUT2D eigenvalue weighted by molar-refractivity contribution is -0.148. The molecule has 0 aromatic rings. The topological polar surface area (TPSA) is 74.6 Å². The first kappa shape index (κ1) is 11.0. The Kier molecular flexibility index (Phi) is 2.34. The molecular formula is C10H16O4. The van der Waals surface area contributed by atoms with Crippen molar-refractivity contribution in [3.8, 4) is 0 Å². The average molecular weight is 200 g/mol. The van der Waals surface area contributed by atoms with Crippen molar-refractivity contribution < 1.29 is 19.8 Å². The number of hydrogen-bond acceptors (Lipinski definition) is 2. The number of aliphatic carboxylic acids is 2. The van der Waals surface area contributed by atoms with Crippen LogP contribution in [0.15, 0.2) is 0 Å². The maximum Gasteiger partial charge on any atom is 0.310 e. The number of carbonyl (C=O) groups is 2. The van der Waals surface area contributed by atoms with Gasteiger partial charge < -0.3 is 10.2 Å². The number of hydrogen-bond donors (Lipinski definition) is 2. The maximum atomic E-state index is 11.1. The highest BCUT2D eigenvalue weighted by Crippen LogP contribution is 2.72. The SMILES string of the molecule is CCC1(CC)C(C(=O)O)C1(C)C(=O)O. The first-order valence-electron chi connectivity index (χ1n) is 4.84. The first-order chi connectivity index (χ1) is 6.38. The Morgan fingerprint density at radius 1 is 1.21 bits per heavy atom. The molecule has 0 saturated heterocycles. The molecule has 14 heavy (non-hydrogen) atoms. The summed E-state index contributed by atoms with van der Waals surface area (Å²) in [4.78, 5) is 22.0. The zero-order valence-corrected chi connectivity index (χ0v) is 8.70. The molecule has 0 aliphatic heterocycles. The first-order valence-corrected chi connectivity index (χ1v) is 4.84. The number of carboxylic acid groups (broad SMARTS) is 2. The van der Waals surface area contributed by atoms with Gasteiger partial charge in [-0.1, -0.05) is 13.8 Å². The van der Waals surface area contributed by atoms with E-state index in [0.717, 1.165) is 0 Å². The second-order valence-corrected chi connectivity index (χ2v) is 4.14. The van der Waals surface area contributed by atoms with Crippen molar-refractivity contribution in [3.63, 3.8) is 0 Å². The average Bonchev–Trinajstić information content (AvgIpc) is 2.68. The molecule has 0 heterocycles. The Morgan fingerprint density at radius 3 is 1.71 bits per heavy atom. The third-order valence-electron chi connectivity index (χ3n) is 4.03. The molecule has 0 bridgehead atoms. The van der Waals surface area contributed by atoms with Crippen molar-refractivity contribution in [3.05, 3.63) is 0 Å². The fourth-order valence-electron chi connectivity index (χ4n) is 2.98. The van der Waals surface area contributed by atoms with E-state index in [4.69, 9.17) is 10.2 Å². The highest BCUT2D eigenvalue weighted by molar-refractivity contribution is 5.91. The minimum atomic E-state index is -1.08. The van der Waals surface area contributed by atoms with Gasteiger partial charge in [-0.25, -0.2) is 0 Å². The monoisotopic (exact) mass is 200 g/mol. The van der Waals surface area contributed by atoms with Gasteiger partial charge in [-0.15, -0.1) is 0 Å². The Balaban J connectivity index is 3.10. The lowest BCUT2D eigenvalue weighted by Crippen LogP contribution is -2.20. The fourth-order valence-corrected chi connectivity index (χ4v) is 2.98. The van der Waals surface area contributed by atoms with E-state index in [1.54, 1.807) is 6.92 Å². The Labute approximate surface area is 82.9 Å². The van der Waals surface area contributed by atoms with Crippen LogP contribution in [0.5, 0.6) is 0 Å². The molecule has 1 saturated carbocycles. The summed E-state index contributed by atoms with van der Waals surface area (Å²) in [5, 5.41) is 18.0. The smallest absolute Gasteiger partial charge is 0.310 e. The molecule has 4 heteroatoms. The van der Waals surface area contributed by atoms with Gasteiger partial charge in [-0.3, -0.25) is 9.59 Å². The summed E-state index contributed by atoms with van der Waals surface area (Å²) in [6, 6.07) is 0. The van der Waals surface area contributed by atoms with Crippen LogP contribution >= 0.6 is 0 Å². The van der Waals surface area contributed by atoms with Gasteiger partial charge in [0, 0.05) is 5.41 Å². The quantitative estimate of drug-likeness (QED) is 0.722. The lowest BCUT2D eigenvalue weighted by Gasteiger charge is -2.14. The summed E-state index contributed by atoms with van der Waals surface area (Å²) >= 11 is 0. The van der Waals surface area contributed by atoms with Gasteiger partial charge in [-0.2, -0.15) is 0 Å². The summed E-state index contributed by atoms with van der Waals surface area (Å²) in [5.41, 5.74) is -1.63. The van der Waals surface area contributed by atoms with Crippen LogP contribution in [-0.4, -0.2) is 22.2 Å². The maximum absolute atomic E-state index is 11.1.